The Bertz CT molecular complexity index is 900. The van der Waals surface area contributed by atoms with Crippen molar-refractivity contribution < 1.29 is 22.4 Å². The van der Waals surface area contributed by atoms with Gasteiger partial charge in [0.05, 0.1) is 11.3 Å². The van der Waals surface area contributed by atoms with E-state index in [0.717, 1.165) is 23.9 Å². The number of hydrogen-bond acceptors (Lipinski definition) is 6. The van der Waals surface area contributed by atoms with Crippen LogP contribution >= 0.6 is 11.8 Å². The van der Waals surface area contributed by atoms with Gasteiger partial charge in [-0.05, 0) is 30.3 Å². The molecule has 1 amide bonds. The topological polar surface area (TPSA) is 80.9 Å². The maximum atomic E-state index is 12.7. The molecule has 3 aromatic rings. The van der Waals surface area contributed by atoms with E-state index in [-0.39, 0.29) is 22.6 Å². The molecule has 0 spiro atoms. The van der Waals surface area contributed by atoms with Crippen molar-refractivity contribution in [1.82, 2.24) is 15.2 Å². The van der Waals surface area contributed by atoms with Crippen molar-refractivity contribution in [2.75, 3.05) is 11.1 Å². The van der Waals surface area contributed by atoms with E-state index < -0.39 is 17.6 Å². The number of hydrogen-bond donors (Lipinski definition) is 1. The summed E-state index contributed by atoms with van der Waals surface area (Å²) in [7, 11) is 0. The van der Waals surface area contributed by atoms with Gasteiger partial charge in [0, 0.05) is 11.9 Å². The van der Waals surface area contributed by atoms with Gasteiger partial charge in [-0.1, -0.05) is 23.9 Å². The summed E-state index contributed by atoms with van der Waals surface area (Å²) in [5.74, 6) is -0.376. The zero-order valence-corrected chi connectivity index (χ0v) is 13.8. The Balaban J connectivity index is 1.57. The van der Waals surface area contributed by atoms with Crippen LogP contribution in [0.2, 0.25) is 0 Å². The number of nitrogens with zero attached hydrogens (tertiary/aromatic N) is 3. The van der Waals surface area contributed by atoms with E-state index >= 15 is 0 Å². The van der Waals surface area contributed by atoms with E-state index in [4.69, 9.17) is 4.42 Å². The standard InChI is InChI=1S/C16H11F3N4O2S/c17-16(18,19)10-4-3-5-11(8-10)21-13(24)9-26-15-23-22-14(25-15)12-6-1-2-7-20-12/h1-8H,9H2,(H,21,24). The molecule has 0 atom stereocenters. The maximum Gasteiger partial charge on any atom is 0.416 e. The number of aromatic nitrogens is 3. The predicted molar refractivity (Wildman–Crippen MR) is 88.3 cm³/mol. The second-order valence-corrected chi connectivity index (χ2v) is 5.93. The summed E-state index contributed by atoms with van der Waals surface area (Å²) in [5.41, 5.74) is -0.273. The molecule has 0 aliphatic rings. The molecule has 2 heterocycles. The molecule has 134 valence electrons. The molecule has 0 unspecified atom stereocenters. The fraction of sp³-hybridized carbons (Fsp3) is 0.125. The Morgan fingerprint density at radius 3 is 2.73 bits per heavy atom. The highest BCUT2D eigenvalue weighted by Gasteiger charge is 2.30. The third-order valence-electron chi connectivity index (χ3n) is 3.09. The largest absolute Gasteiger partial charge is 0.416 e. The summed E-state index contributed by atoms with van der Waals surface area (Å²) in [4.78, 5) is 16.0. The molecule has 0 fully saturated rings. The van der Waals surface area contributed by atoms with Crippen LogP contribution in [0.15, 0.2) is 58.3 Å². The fourth-order valence-electron chi connectivity index (χ4n) is 1.96. The van der Waals surface area contributed by atoms with Crippen molar-refractivity contribution in [2.24, 2.45) is 0 Å². The number of nitrogens with one attached hydrogen (secondary N) is 1. The number of alkyl halides is 3. The SMILES string of the molecule is O=C(CSc1nnc(-c2ccccn2)o1)Nc1cccc(C(F)(F)F)c1. The van der Waals surface area contributed by atoms with Gasteiger partial charge in [-0.15, -0.1) is 10.2 Å². The highest BCUT2D eigenvalue weighted by Crippen LogP contribution is 2.30. The van der Waals surface area contributed by atoms with Crippen molar-refractivity contribution in [1.29, 1.82) is 0 Å². The van der Waals surface area contributed by atoms with E-state index in [1.165, 1.54) is 12.1 Å². The number of rotatable bonds is 5. The van der Waals surface area contributed by atoms with Crippen LogP contribution in [-0.4, -0.2) is 26.8 Å². The molecule has 0 aliphatic carbocycles. The van der Waals surface area contributed by atoms with E-state index in [0.29, 0.717) is 5.69 Å². The number of carbonyl (C=O) groups excluding carboxylic acids is 1. The molecular weight excluding hydrogens is 369 g/mol. The lowest BCUT2D eigenvalue weighted by atomic mass is 10.2. The van der Waals surface area contributed by atoms with Gasteiger partial charge in [0.1, 0.15) is 5.69 Å². The minimum Gasteiger partial charge on any atom is -0.410 e. The Kier molecular flexibility index (Phi) is 5.21. The van der Waals surface area contributed by atoms with Gasteiger partial charge in [0.25, 0.3) is 11.1 Å². The Morgan fingerprint density at radius 2 is 2.00 bits per heavy atom. The second kappa shape index (κ2) is 7.56. The lowest BCUT2D eigenvalue weighted by Gasteiger charge is -2.09. The maximum absolute atomic E-state index is 12.7. The molecule has 10 heteroatoms. The molecule has 3 rings (SSSR count). The lowest BCUT2D eigenvalue weighted by molar-refractivity contribution is -0.137. The third-order valence-corrected chi connectivity index (χ3v) is 3.91. The molecule has 6 nitrogen and oxygen atoms in total. The van der Waals surface area contributed by atoms with Gasteiger partial charge in [0.2, 0.25) is 5.91 Å². The van der Waals surface area contributed by atoms with Crippen molar-refractivity contribution in [3.8, 4) is 11.6 Å². The number of halogens is 3. The quantitative estimate of drug-likeness (QED) is 0.677. The minimum absolute atomic E-state index is 0.0603. The number of anilines is 1. The van der Waals surface area contributed by atoms with Gasteiger partial charge in [0.15, 0.2) is 0 Å². The Labute approximate surface area is 149 Å². The normalized spacial score (nSPS) is 11.3. The Morgan fingerprint density at radius 1 is 1.15 bits per heavy atom. The van der Waals surface area contributed by atoms with Crippen LogP contribution in [-0.2, 0) is 11.0 Å². The van der Waals surface area contributed by atoms with Crippen LogP contribution in [0, 0.1) is 0 Å². The van der Waals surface area contributed by atoms with Crippen molar-refractivity contribution in [3.05, 3.63) is 54.2 Å². The molecule has 0 aliphatic heterocycles. The monoisotopic (exact) mass is 380 g/mol. The van der Waals surface area contributed by atoms with Gasteiger partial charge in [-0.25, -0.2) is 0 Å². The molecule has 1 N–H and O–H groups in total. The summed E-state index contributed by atoms with van der Waals surface area (Å²) in [6, 6.07) is 9.61. The van der Waals surface area contributed by atoms with Crippen molar-refractivity contribution in [3.63, 3.8) is 0 Å². The van der Waals surface area contributed by atoms with Crippen molar-refractivity contribution in [2.45, 2.75) is 11.4 Å². The number of carbonyl (C=O) groups is 1. The van der Waals surface area contributed by atoms with Crippen LogP contribution < -0.4 is 5.32 Å². The number of thioether (sulfide) groups is 1. The number of amides is 1. The molecule has 0 saturated heterocycles. The van der Waals surface area contributed by atoms with Crippen LogP contribution in [0.1, 0.15) is 5.56 Å². The van der Waals surface area contributed by atoms with Crippen LogP contribution in [0.3, 0.4) is 0 Å². The third kappa shape index (κ3) is 4.60. The van der Waals surface area contributed by atoms with Gasteiger partial charge in [-0.3, -0.25) is 9.78 Å². The molecule has 2 aromatic heterocycles. The fourth-order valence-corrected chi connectivity index (χ4v) is 2.52. The van der Waals surface area contributed by atoms with Crippen molar-refractivity contribution >= 4 is 23.4 Å². The molecule has 0 saturated carbocycles. The summed E-state index contributed by atoms with van der Waals surface area (Å²) < 4.78 is 43.4. The molecule has 1 aromatic carbocycles. The zero-order valence-electron chi connectivity index (χ0n) is 13.0. The van der Waals surface area contributed by atoms with E-state index in [1.807, 2.05) is 0 Å². The Hall–Kier alpha value is -2.88. The predicted octanol–water partition coefficient (Wildman–Crippen LogP) is 3.88. The minimum atomic E-state index is -4.47. The van der Waals surface area contributed by atoms with Gasteiger partial charge < -0.3 is 9.73 Å². The lowest BCUT2D eigenvalue weighted by Crippen LogP contribution is -2.15. The zero-order chi connectivity index (χ0) is 18.6. The molecular formula is C16H11F3N4O2S. The molecule has 0 bridgehead atoms. The highest BCUT2D eigenvalue weighted by atomic mass is 32.2. The van der Waals surface area contributed by atoms with Crippen LogP contribution in [0.25, 0.3) is 11.6 Å². The summed E-state index contributed by atoms with van der Waals surface area (Å²) in [5, 5.41) is 10.2. The first-order valence-corrected chi connectivity index (χ1v) is 8.25. The van der Waals surface area contributed by atoms with E-state index in [1.54, 1.807) is 24.4 Å². The number of pyridine rings is 1. The first-order valence-electron chi connectivity index (χ1n) is 7.26. The average molecular weight is 380 g/mol. The van der Waals surface area contributed by atoms with E-state index in [2.05, 4.69) is 20.5 Å². The molecule has 26 heavy (non-hydrogen) atoms. The van der Waals surface area contributed by atoms with Gasteiger partial charge in [-0.2, -0.15) is 13.2 Å². The van der Waals surface area contributed by atoms with Crippen LogP contribution in [0.4, 0.5) is 18.9 Å². The first-order chi connectivity index (χ1) is 12.4. The summed E-state index contributed by atoms with van der Waals surface area (Å²) in [6.07, 6.45) is -2.89. The second-order valence-electron chi connectivity index (χ2n) is 5.00. The van der Waals surface area contributed by atoms with Gasteiger partial charge >= 0.3 is 6.18 Å². The van der Waals surface area contributed by atoms with E-state index in [9.17, 15) is 18.0 Å². The smallest absolute Gasteiger partial charge is 0.410 e. The average Bonchev–Trinajstić information content (AvgIpc) is 3.09. The summed E-state index contributed by atoms with van der Waals surface area (Å²) in [6.45, 7) is 0. The number of benzene rings is 1. The highest BCUT2D eigenvalue weighted by molar-refractivity contribution is 7.99. The van der Waals surface area contributed by atoms with Crippen LogP contribution in [0.5, 0.6) is 0 Å². The molecule has 0 radical (unpaired) electrons. The summed E-state index contributed by atoms with van der Waals surface area (Å²) >= 11 is 0.971. The first kappa shape index (κ1) is 17.9.